The van der Waals surface area contributed by atoms with Gasteiger partial charge in [0.05, 0.1) is 21.6 Å². The molecule has 5 heteroatoms. The first-order valence-electron chi connectivity index (χ1n) is 13.4. The first kappa shape index (κ1) is 23.2. The molecule has 6 aromatic carbocycles. The second-order valence-electron chi connectivity index (χ2n) is 10.3. The van der Waals surface area contributed by atoms with Crippen molar-refractivity contribution in [2.24, 2.45) is 0 Å². The van der Waals surface area contributed by atoms with Crippen molar-refractivity contribution in [1.82, 2.24) is 9.55 Å². The Balaban J connectivity index is 1.31. The molecule has 0 unspecified atom stereocenters. The molecular formula is C35H24N2O2S. The number of aromatic nitrogens is 2. The quantitative estimate of drug-likeness (QED) is 0.228. The minimum atomic E-state index is -3.76. The summed E-state index contributed by atoms with van der Waals surface area (Å²) in [6.07, 6.45) is 0.702. The summed E-state index contributed by atoms with van der Waals surface area (Å²) in [6.45, 7) is 2.05. The predicted octanol–water partition coefficient (Wildman–Crippen LogP) is 8.37. The van der Waals surface area contributed by atoms with E-state index in [2.05, 4.69) is 72.8 Å². The highest BCUT2D eigenvalue weighted by molar-refractivity contribution is 7.92. The van der Waals surface area contributed by atoms with Gasteiger partial charge in [-0.2, -0.15) is 0 Å². The van der Waals surface area contributed by atoms with Crippen LogP contribution in [0.3, 0.4) is 0 Å². The number of benzene rings is 6. The third-order valence-electron chi connectivity index (χ3n) is 8.06. The van der Waals surface area contributed by atoms with Crippen LogP contribution in [0.15, 0.2) is 125 Å². The lowest BCUT2D eigenvalue weighted by molar-refractivity contribution is 0.594. The van der Waals surface area contributed by atoms with Crippen molar-refractivity contribution in [3.8, 4) is 27.9 Å². The van der Waals surface area contributed by atoms with Crippen molar-refractivity contribution >= 4 is 42.4 Å². The van der Waals surface area contributed by atoms with Crippen LogP contribution in [0, 0.1) is 0 Å². The number of fused-ring (bicyclic) bond motifs is 4. The van der Waals surface area contributed by atoms with E-state index < -0.39 is 9.84 Å². The van der Waals surface area contributed by atoms with Crippen LogP contribution in [0.1, 0.15) is 12.7 Å². The van der Waals surface area contributed by atoms with Gasteiger partial charge in [-0.3, -0.25) is 4.57 Å². The van der Waals surface area contributed by atoms with Crippen LogP contribution >= 0.6 is 0 Å². The lowest BCUT2D eigenvalue weighted by Gasteiger charge is -2.22. The highest BCUT2D eigenvalue weighted by Gasteiger charge is 2.35. The summed E-state index contributed by atoms with van der Waals surface area (Å²) < 4.78 is 30.2. The fraction of sp³-hybridized carbons (Fsp3) is 0.0571. The van der Waals surface area contributed by atoms with E-state index in [4.69, 9.17) is 4.98 Å². The van der Waals surface area contributed by atoms with Gasteiger partial charge < -0.3 is 0 Å². The topological polar surface area (TPSA) is 52.0 Å². The standard InChI is InChI=1S/C35H24N2O2S/c1-2-33-36-30-18-17-29(35-34(30)37(33)31-9-5-6-10-32(31)40(35,38)39)28-16-15-26-20-25(13-14-27(26)21-28)24-12-11-22-7-3-4-8-23(22)19-24/h3-21H,2H2,1H3. The zero-order valence-corrected chi connectivity index (χ0v) is 22.6. The van der Waals surface area contributed by atoms with Crippen LogP contribution in [0.5, 0.6) is 0 Å². The summed E-state index contributed by atoms with van der Waals surface area (Å²) >= 11 is 0. The van der Waals surface area contributed by atoms with Crippen LogP contribution in [-0.4, -0.2) is 18.0 Å². The second kappa shape index (κ2) is 8.38. The number of aryl methyl sites for hydroxylation is 1. The van der Waals surface area contributed by atoms with Gasteiger partial charge in [0.15, 0.2) is 0 Å². The van der Waals surface area contributed by atoms with Crippen LogP contribution in [0.2, 0.25) is 0 Å². The molecule has 4 nitrogen and oxygen atoms in total. The van der Waals surface area contributed by atoms with Crippen LogP contribution in [0.25, 0.3) is 60.5 Å². The molecule has 192 valence electrons. The molecule has 0 saturated carbocycles. The Hall–Kier alpha value is -4.74. The Morgan fingerprint density at radius 3 is 2.00 bits per heavy atom. The molecule has 1 aliphatic heterocycles. The van der Waals surface area contributed by atoms with E-state index in [-0.39, 0.29) is 0 Å². The smallest absolute Gasteiger partial charge is 0.211 e. The maximum atomic E-state index is 14.1. The van der Waals surface area contributed by atoms with Gasteiger partial charge in [-0.05, 0) is 74.6 Å². The Morgan fingerprint density at radius 1 is 0.650 bits per heavy atom. The maximum Gasteiger partial charge on any atom is 0.211 e. The zero-order valence-electron chi connectivity index (χ0n) is 21.8. The van der Waals surface area contributed by atoms with Crippen molar-refractivity contribution in [3.05, 3.63) is 121 Å². The van der Waals surface area contributed by atoms with Gasteiger partial charge in [0.1, 0.15) is 10.7 Å². The summed E-state index contributed by atoms with van der Waals surface area (Å²) in [6, 6.07) is 38.7. The number of hydrogen-bond acceptors (Lipinski definition) is 3. The summed E-state index contributed by atoms with van der Waals surface area (Å²) in [5.41, 5.74) is 5.94. The minimum Gasteiger partial charge on any atom is -0.294 e. The van der Waals surface area contributed by atoms with Crippen LogP contribution < -0.4 is 0 Å². The molecule has 0 saturated heterocycles. The average Bonchev–Trinajstić information content (AvgIpc) is 3.38. The summed E-state index contributed by atoms with van der Waals surface area (Å²) in [7, 11) is -3.76. The average molecular weight is 537 g/mol. The van der Waals surface area contributed by atoms with Gasteiger partial charge in [-0.15, -0.1) is 0 Å². The molecule has 0 radical (unpaired) electrons. The van der Waals surface area contributed by atoms with Gasteiger partial charge >= 0.3 is 0 Å². The van der Waals surface area contributed by atoms with Crippen LogP contribution in [-0.2, 0) is 16.3 Å². The van der Waals surface area contributed by atoms with E-state index >= 15 is 0 Å². The molecule has 0 bridgehead atoms. The number of para-hydroxylation sites is 1. The Bertz CT molecular complexity index is 2280. The van der Waals surface area contributed by atoms with Crippen molar-refractivity contribution in [1.29, 1.82) is 0 Å². The number of imidazole rings is 1. The molecule has 1 aromatic heterocycles. The van der Waals surface area contributed by atoms with E-state index in [1.54, 1.807) is 12.1 Å². The fourth-order valence-corrected chi connectivity index (χ4v) is 7.96. The molecule has 0 amide bonds. The number of nitrogens with zero attached hydrogens (tertiary/aromatic N) is 2. The van der Waals surface area contributed by atoms with E-state index in [0.717, 1.165) is 27.7 Å². The monoisotopic (exact) mass is 536 g/mol. The molecule has 0 atom stereocenters. The largest absolute Gasteiger partial charge is 0.294 e. The van der Waals surface area contributed by atoms with Gasteiger partial charge in [0.25, 0.3) is 0 Å². The first-order valence-corrected chi connectivity index (χ1v) is 14.9. The molecule has 2 heterocycles. The van der Waals surface area contributed by atoms with Gasteiger partial charge in [-0.1, -0.05) is 85.8 Å². The third-order valence-corrected chi connectivity index (χ3v) is 9.93. The van der Waals surface area contributed by atoms with Crippen molar-refractivity contribution < 1.29 is 8.42 Å². The molecular weight excluding hydrogens is 512 g/mol. The van der Waals surface area contributed by atoms with E-state index in [9.17, 15) is 8.42 Å². The lowest BCUT2D eigenvalue weighted by Crippen LogP contribution is -2.16. The number of rotatable bonds is 3. The lowest BCUT2D eigenvalue weighted by atomic mass is 9.96. The number of hydrogen-bond donors (Lipinski definition) is 0. The molecule has 7 aromatic rings. The van der Waals surface area contributed by atoms with Crippen molar-refractivity contribution in [2.45, 2.75) is 23.1 Å². The fourth-order valence-electron chi connectivity index (χ4n) is 6.12. The zero-order chi connectivity index (χ0) is 27.0. The van der Waals surface area contributed by atoms with E-state index in [0.29, 0.717) is 38.5 Å². The third kappa shape index (κ3) is 3.25. The highest BCUT2D eigenvalue weighted by atomic mass is 32.2. The normalized spacial score (nSPS) is 13.6. The first-order chi connectivity index (χ1) is 19.5. The van der Waals surface area contributed by atoms with Crippen molar-refractivity contribution in [3.63, 3.8) is 0 Å². The van der Waals surface area contributed by atoms with Crippen LogP contribution in [0.4, 0.5) is 0 Å². The molecule has 40 heavy (non-hydrogen) atoms. The summed E-state index contributed by atoms with van der Waals surface area (Å²) in [5.74, 6) is 0.857. The van der Waals surface area contributed by atoms with E-state index in [1.165, 1.54) is 16.3 Å². The summed E-state index contributed by atoms with van der Waals surface area (Å²) in [4.78, 5) is 5.47. The Morgan fingerprint density at radius 2 is 1.25 bits per heavy atom. The van der Waals surface area contributed by atoms with Gasteiger partial charge in [0.2, 0.25) is 9.84 Å². The molecule has 8 rings (SSSR count). The molecule has 0 N–H and O–H groups in total. The van der Waals surface area contributed by atoms with Gasteiger partial charge in [-0.25, -0.2) is 13.4 Å². The molecule has 0 spiro atoms. The molecule has 0 fully saturated rings. The van der Waals surface area contributed by atoms with Gasteiger partial charge in [0, 0.05) is 12.0 Å². The second-order valence-corrected chi connectivity index (χ2v) is 12.2. The summed E-state index contributed by atoms with van der Waals surface area (Å²) in [5, 5.41) is 4.61. The Kier molecular flexibility index (Phi) is 4.85. The maximum absolute atomic E-state index is 14.1. The molecule has 0 aliphatic carbocycles. The van der Waals surface area contributed by atoms with Crippen molar-refractivity contribution in [2.75, 3.05) is 0 Å². The highest BCUT2D eigenvalue weighted by Crippen LogP contribution is 2.44. The van der Waals surface area contributed by atoms with E-state index in [1.807, 2.05) is 41.8 Å². The number of sulfone groups is 1. The predicted molar refractivity (Wildman–Crippen MR) is 162 cm³/mol. The molecule has 1 aliphatic rings. The SMILES string of the molecule is CCc1nc2ccc(-c3ccc4cc(-c5ccc6ccccc6c5)ccc4c3)c3c2n1-c1ccccc1S3(=O)=O. The Labute approximate surface area is 232 Å². The minimum absolute atomic E-state index is 0.324.